The van der Waals surface area contributed by atoms with Crippen LogP contribution in [-0.2, 0) is 52.1 Å². The first kappa shape index (κ1) is 44.6. The van der Waals surface area contributed by atoms with Gasteiger partial charge in [0.1, 0.15) is 12.4 Å². The molecule has 0 bridgehead atoms. The Hall–Kier alpha value is -1.42. The first-order chi connectivity index (χ1) is 23.9. The molecule has 0 heterocycles. The third-order valence-electron chi connectivity index (χ3n) is 6.60. The third kappa shape index (κ3) is 35.9. The Morgan fingerprint density at radius 2 is 0.562 bits per heavy atom. The zero-order valence-corrected chi connectivity index (χ0v) is 29.8. The van der Waals surface area contributed by atoms with E-state index in [0.29, 0.717) is 145 Å². The molecule has 12 nitrogen and oxygen atoms in total. The fraction of sp³-hybridized carbons (Fsp3) is 0.833. The van der Waals surface area contributed by atoms with Gasteiger partial charge in [-0.2, -0.15) is 0 Å². The predicted molar refractivity (Wildman–Crippen MR) is 184 cm³/mol. The fourth-order valence-electron chi connectivity index (χ4n) is 4.02. The number of para-hydroxylation sites is 1. The number of hydrogen-bond acceptors (Lipinski definition) is 12. The van der Waals surface area contributed by atoms with E-state index in [1.807, 2.05) is 30.3 Å². The molecule has 0 aliphatic heterocycles. The lowest BCUT2D eigenvalue weighted by atomic mass is 10.1. The molecule has 1 rings (SSSR count). The standard InChI is InChI=1S/C36H66O12/c1-2-3-4-5-6-10-13-37-14-15-38-16-17-39-18-19-40-20-21-41-22-23-42-24-25-43-26-27-44-28-29-45-30-31-46-32-33-47-34-35-48-36-11-8-7-9-12-36/h7-9,11-12H,2-6,10,13-35H2,1H3. The summed E-state index contributed by atoms with van der Waals surface area (Å²) in [5, 5.41) is 0. The Labute approximate surface area is 290 Å². The lowest BCUT2D eigenvalue weighted by molar-refractivity contribution is -0.0277. The van der Waals surface area contributed by atoms with Crippen LogP contribution in [0.1, 0.15) is 45.4 Å². The fourth-order valence-corrected chi connectivity index (χ4v) is 4.02. The van der Waals surface area contributed by atoms with E-state index >= 15 is 0 Å². The Morgan fingerprint density at radius 3 is 0.896 bits per heavy atom. The van der Waals surface area contributed by atoms with Crippen molar-refractivity contribution >= 4 is 0 Å². The van der Waals surface area contributed by atoms with Gasteiger partial charge in [0.05, 0.1) is 139 Å². The maximum absolute atomic E-state index is 5.59. The first-order valence-electron chi connectivity index (χ1n) is 18.0. The summed E-state index contributed by atoms with van der Waals surface area (Å²) in [6.07, 6.45) is 7.68. The first-order valence-corrected chi connectivity index (χ1v) is 18.0. The van der Waals surface area contributed by atoms with Gasteiger partial charge < -0.3 is 56.8 Å². The van der Waals surface area contributed by atoms with E-state index in [1.165, 1.54) is 32.1 Å². The lowest BCUT2D eigenvalue weighted by Crippen LogP contribution is -2.15. The van der Waals surface area contributed by atoms with Gasteiger partial charge in [-0.15, -0.1) is 0 Å². The minimum Gasteiger partial charge on any atom is -0.491 e. The quantitative estimate of drug-likeness (QED) is 0.0896. The van der Waals surface area contributed by atoms with Crippen molar-refractivity contribution < 1.29 is 56.8 Å². The smallest absolute Gasteiger partial charge is 0.119 e. The second-order valence-corrected chi connectivity index (χ2v) is 10.7. The van der Waals surface area contributed by atoms with Crippen molar-refractivity contribution in [3.8, 4) is 5.75 Å². The highest BCUT2D eigenvalue weighted by atomic mass is 16.6. The van der Waals surface area contributed by atoms with Crippen LogP contribution in [0.25, 0.3) is 0 Å². The Morgan fingerprint density at radius 1 is 0.292 bits per heavy atom. The molecule has 0 atom stereocenters. The van der Waals surface area contributed by atoms with Crippen LogP contribution in [0.3, 0.4) is 0 Å². The summed E-state index contributed by atoms with van der Waals surface area (Å²) >= 11 is 0. The number of ether oxygens (including phenoxy) is 12. The molecule has 0 aliphatic carbocycles. The topological polar surface area (TPSA) is 111 Å². The normalized spacial score (nSPS) is 11.4. The summed E-state index contributed by atoms with van der Waals surface area (Å²) in [6.45, 7) is 14.9. The second-order valence-electron chi connectivity index (χ2n) is 10.7. The SMILES string of the molecule is CCCCCCCCOCCOCCOCCOCCOCCOCCOCCOCCOCCOCCOCCOc1ccccc1. The van der Waals surface area contributed by atoms with Gasteiger partial charge in [-0.25, -0.2) is 0 Å². The highest BCUT2D eigenvalue weighted by Crippen LogP contribution is 2.07. The summed E-state index contributed by atoms with van der Waals surface area (Å²) in [5.74, 6) is 0.846. The summed E-state index contributed by atoms with van der Waals surface area (Å²) in [6, 6.07) is 9.68. The van der Waals surface area contributed by atoms with Gasteiger partial charge in [0, 0.05) is 6.61 Å². The van der Waals surface area contributed by atoms with Gasteiger partial charge in [-0.3, -0.25) is 0 Å². The molecular formula is C36H66O12. The Balaban J connectivity index is 1.60. The molecule has 282 valence electrons. The van der Waals surface area contributed by atoms with Crippen LogP contribution in [0.5, 0.6) is 5.75 Å². The molecule has 0 radical (unpaired) electrons. The number of benzene rings is 1. The van der Waals surface area contributed by atoms with E-state index < -0.39 is 0 Å². The summed E-state index contributed by atoms with van der Waals surface area (Å²) in [4.78, 5) is 0. The van der Waals surface area contributed by atoms with Crippen molar-refractivity contribution in [1.82, 2.24) is 0 Å². The van der Waals surface area contributed by atoms with E-state index in [-0.39, 0.29) is 0 Å². The molecule has 0 aliphatic rings. The van der Waals surface area contributed by atoms with Gasteiger partial charge in [0.25, 0.3) is 0 Å². The molecule has 0 fully saturated rings. The van der Waals surface area contributed by atoms with Crippen molar-refractivity contribution in [2.75, 3.05) is 152 Å². The molecular weight excluding hydrogens is 624 g/mol. The third-order valence-corrected chi connectivity index (χ3v) is 6.60. The van der Waals surface area contributed by atoms with E-state index in [0.717, 1.165) is 18.8 Å². The molecule has 0 unspecified atom stereocenters. The van der Waals surface area contributed by atoms with E-state index in [2.05, 4.69) is 6.92 Å². The van der Waals surface area contributed by atoms with Crippen molar-refractivity contribution in [2.24, 2.45) is 0 Å². The summed E-state index contributed by atoms with van der Waals surface area (Å²) in [7, 11) is 0. The largest absolute Gasteiger partial charge is 0.491 e. The highest BCUT2D eigenvalue weighted by molar-refractivity contribution is 5.20. The number of rotatable bonds is 41. The zero-order valence-electron chi connectivity index (χ0n) is 29.8. The van der Waals surface area contributed by atoms with Crippen LogP contribution in [0.4, 0.5) is 0 Å². The van der Waals surface area contributed by atoms with Crippen LogP contribution >= 0.6 is 0 Å². The van der Waals surface area contributed by atoms with Crippen LogP contribution in [0.2, 0.25) is 0 Å². The lowest BCUT2D eigenvalue weighted by Gasteiger charge is -2.09. The Bertz CT molecular complexity index is 715. The van der Waals surface area contributed by atoms with Gasteiger partial charge in [0.2, 0.25) is 0 Å². The van der Waals surface area contributed by atoms with Crippen molar-refractivity contribution in [3.63, 3.8) is 0 Å². The van der Waals surface area contributed by atoms with E-state index in [9.17, 15) is 0 Å². The van der Waals surface area contributed by atoms with Gasteiger partial charge in [-0.1, -0.05) is 57.2 Å². The van der Waals surface area contributed by atoms with Gasteiger partial charge in [-0.05, 0) is 18.6 Å². The second kappa shape index (κ2) is 40.0. The highest BCUT2D eigenvalue weighted by Gasteiger charge is 1.97. The number of hydrogen-bond donors (Lipinski definition) is 0. The average Bonchev–Trinajstić information content (AvgIpc) is 3.11. The van der Waals surface area contributed by atoms with Crippen molar-refractivity contribution in [1.29, 1.82) is 0 Å². The molecule has 0 saturated heterocycles. The zero-order chi connectivity index (χ0) is 34.1. The van der Waals surface area contributed by atoms with Crippen LogP contribution in [0.15, 0.2) is 30.3 Å². The summed E-state index contributed by atoms with van der Waals surface area (Å²) < 4.78 is 66.1. The van der Waals surface area contributed by atoms with Gasteiger partial charge >= 0.3 is 0 Å². The molecule has 12 heteroatoms. The van der Waals surface area contributed by atoms with E-state index in [4.69, 9.17) is 56.8 Å². The Kier molecular flexibility index (Phi) is 37.2. The predicted octanol–water partition coefficient (Wildman–Crippen LogP) is 4.61. The van der Waals surface area contributed by atoms with Crippen molar-refractivity contribution in [2.45, 2.75) is 45.4 Å². The average molecular weight is 691 g/mol. The molecule has 1 aromatic carbocycles. The minimum atomic E-state index is 0.516. The van der Waals surface area contributed by atoms with E-state index in [1.54, 1.807) is 0 Å². The minimum absolute atomic E-state index is 0.516. The maximum atomic E-state index is 5.59. The molecule has 48 heavy (non-hydrogen) atoms. The molecule has 0 amide bonds. The molecule has 1 aromatic rings. The summed E-state index contributed by atoms with van der Waals surface area (Å²) in [5.41, 5.74) is 0. The molecule has 0 aromatic heterocycles. The van der Waals surface area contributed by atoms with Crippen LogP contribution < -0.4 is 4.74 Å². The van der Waals surface area contributed by atoms with Gasteiger partial charge in [0.15, 0.2) is 0 Å². The monoisotopic (exact) mass is 690 g/mol. The molecule has 0 N–H and O–H groups in total. The maximum Gasteiger partial charge on any atom is 0.119 e. The van der Waals surface area contributed by atoms with Crippen molar-refractivity contribution in [3.05, 3.63) is 30.3 Å². The van der Waals surface area contributed by atoms with Crippen LogP contribution in [0, 0.1) is 0 Å². The molecule has 0 saturated carbocycles. The number of unbranched alkanes of at least 4 members (excludes halogenated alkanes) is 5. The van der Waals surface area contributed by atoms with Crippen LogP contribution in [-0.4, -0.2) is 152 Å². The molecule has 0 spiro atoms.